The van der Waals surface area contributed by atoms with Crippen LogP contribution in [-0.2, 0) is 6.54 Å². The molecule has 0 radical (unpaired) electrons. The van der Waals surface area contributed by atoms with E-state index in [0.29, 0.717) is 22.2 Å². The molecule has 0 saturated heterocycles. The van der Waals surface area contributed by atoms with E-state index in [2.05, 4.69) is 0 Å². The fraction of sp³-hybridized carbons (Fsp3) is 0.130. The molecule has 0 unspecified atom stereocenters. The molecule has 0 bridgehead atoms. The van der Waals surface area contributed by atoms with Gasteiger partial charge in [-0.3, -0.25) is 9.36 Å². The minimum absolute atomic E-state index is 0.0388. The number of nitrogens with zero attached hydrogens (tertiary/aromatic N) is 2. The van der Waals surface area contributed by atoms with Crippen LogP contribution in [0.1, 0.15) is 16.7 Å². The highest BCUT2D eigenvalue weighted by atomic mass is 19.1. The van der Waals surface area contributed by atoms with Crippen molar-refractivity contribution in [2.24, 2.45) is 0 Å². The monoisotopic (exact) mass is 374 g/mol. The van der Waals surface area contributed by atoms with Crippen LogP contribution in [0.5, 0.6) is 0 Å². The Bertz CT molecular complexity index is 1300. The zero-order valence-electron chi connectivity index (χ0n) is 15.6. The van der Waals surface area contributed by atoms with E-state index in [-0.39, 0.29) is 17.9 Å². The molecule has 0 amide bonds. The largest absolute Gasteiger partial charge is 0.336 e. The molecule has 1 aromatic heterocycles. The van der Waals surface area contributed by atoms with Gasteiger partial charge < -0.3 is 0 Å². The van der Waals surface area contributed by atoms with Gasteiger partial charge in [0.15, 0.2) is 0 Å². The molecule has 28 heavy (non-hydrogen) atoms. The third kappa shape index (κ3) is 3.05. The van der Waals surface area contributed by atoms with Crippen LogP contribution in [0.15, 0.2) is 76.3 Å². The molecule has 1 heterocycles. The van der Waals surface area contributed by atoms with E-state index in [1.165, 1.54) is 15.2 Å². The molecule has 0 atom stereocenters. The smallest absolute Gasteiger partial charge is 0.288 e. The molecular weight excluding hydrogens is 355 g/mol. The fourth-order valence-electron chi connectivity index (χ4n) is 3.58. The minimum Gasteiger partial charge on any atom is -0.288 e. The van der Waals surface area contributed by atoms with Crippen LogP contribution >= 0.6 is 0 Å². The summed E-state index contributed by atoms with van der Waals surface area (Å²) in [4.78, 5) is 26.5. The Morgan fingerprint density at radius 2 is 1.50 bits per heavy atom. The summed E-state index contributed by atoms with van der Waals surface area (Å²) >= 11 is 0. The Balaban J connectivity index is 2.06. The Morgan fingerprint density at radius 1 is 0.857 bits per heavy atom. The van der Waals surface area contributed by atoms with Gasteiger partial charge in [0.25, 0.3) is 5.56 Å². The fourth-order valence-corrected chi connectivity index (χ4v) is 3.58. The van der Waals surface area contributed by atoms with Gasteiger partial charge >= 0.3 is 5.69 Å². The third-order valence-corrected chi connectivity index (χ3v) is 4.80. The van der Waals surface area contributed by atoms with E-state index < -0.39 is 5.69 Å². The number of hydrogen-bond acceptors (Lipinski definition) is 2. The van der Waals surface area contributed by atoms with Crippen molar-refractivity contribution in [2.45, 2.75) is 20.4 Å². The molecular formula is C23H19FN2O2. The van der Waals surface area contributed by atoms with Gasteiger partial charge in [0.2, 0.25) is 0 Å². The second kappa shape index (κ2) is 6.93. The van der Waals surface area contributed by atoms with Crippen LogP contribution in [0.4, 0.5) is 4.39 Å². The molecule has 0 aliphatic heterocycles. The van der Waals surface area contributed by atoms with Crippen LogP contribution < -0.4 is 11.2 Å². The third-order valence-electron chi connectivity index (χ3n) is 4.80. The molecule has 4 rings (SSSR count). The minimum atomic E-state index is -0.489. The lowest BCUT2D eigenvalue weighted by molar-refractivity contribution is 0.594. The standard InChI is InChI=1S/C23H19FN2O2/c1-15-11-16(2)13-18(12-15)26-22(27)19-8-4-6-10-21(19)25(23(26)28)14-17-7-3-5-9-20(17)24/h3-13H,14H2,1-2H3. The summed E-state index contributed by atoms with van der Waals surface area (Å²) in [6, 6.07) is 18.9. The Labute approximate surface area is 161 Å². The van der Waals surface area contributed by atoms with Gasteiger partial charge in [-0.25, -0.2) is 13.8 Å². The second-order valence-corrected chi connectivity index (χ2v) is 6.96. The number of para-hydroxylation sites is 1. The first-order valence-electron chi connectivity index (χ1n) is 9.02. The van der Waals surface area contributed by atoms with Gasteiger partial charge in [0.1, 0.15) is 5.82 Å². The van der Waals surface area contributed by atoms with Crippen molar-refractivity contribution in [3.05, 3.63) is 110 Å². The first-order chi connectivity index (χ1) is 13.5. The van der Waals surface area contributed by atoms with Crippen LogP contribution in [0.3, 0.4) is 0 Å². The number of halogens is 1. The van der Waals surface area contributed by atoms with Crippen LogP contribution in [0.2, 0.25) is 0 Å². The number of fused-ring (bicyclic) bond motifs is 1. The Kier molecular flexibility index (Phi) is 4.43. The summed E-state index contributed by atoms with van der Waals surface area (Å²) in [6.45, 7) is 3.87. The zero-order valence-corrected chi connectivity index (χ0v) is 15.6. The van der Waals surface area contributed by atoms with Crippen molar-refractivity contribution in [1.82, 2.24) is 9.13 Å². The lowest BCUT2D eigenvalue weighted by Crippen LogP contribution is -2.39. The predicted molar refractivity (Wildman–Crippen MR) is 109 cm³/mol. The van der Waals surface area contributed by atoms with E-state index >= 15 is 0 Å². The van der Waals surface area contributed by atoms with E-state index in [0.717, 1.165) is 11.1 Å². The summed E-state index contributed by atoms with van der Waals surface area (Å²) < 4.78 is 16.9. The van der Waals surface area contributed by atoms with Gasteiger partial charge in [0, 0.05) is 5.56 Å². The average Bonchev–Trinajstić information content (AvgIpc) is 2.66. The molecule has 3 aromatic carbocycles. The molecule has 4 aromatic rings. The molecule has 0 fully saturated rings. The highest BCUT2D eigenvalue weighted by Gasteiger charge is 2.16. The van der Waals surface area contributed by atoms with Crippen LogP contribution in [0, 0.1) is 19.7 Å². The van der Waals surface area contributed by atoms with Gasteiger partial charge in [0.05, 0.1) is 23.1 Å². The molecule has 0 N–H and O–H groups in total. The number of aromatic nitrogens is 2. The summed E-state index contributed by atoms with van der Waals surface area (Å²) in [5, 5.41) is 0.414. The number of hydrogen-bond donors (Lipinski definition) is 0. The maximum Gasteiger partial charge on any atom is 0.336 e. The van der Waals surface area contributed by atoms with Crippen molar-refractivity contribution < 1.29 is 4.39 Å². The lowest BCUT2D eigenvalue weighted by atomic mass is 10.1. The highest BCUT2D eigenvalue weighted by molar-refractivity contribution is 5.78. The summed E-state index contributed by atoms with van der Waals surface area (Å²) in [6.07, 6.45) is 0. The molecule has 4 nitrogen and oxygen atoms in total. The molecule has 0 aliphatic rings. The molecule has 0 saturated carbocycles. The van der Waals surface area contributed by atoms with Gasteiger partial charge in [-0.2, -0.15) is 0 Å². The van der Waals surface area contributed by atoms with Crippen molar-refractivity contribution >= 4 is 10.9 Å². The van der Waals surface area contributed by atoms with E-state index in [1.807, 2.05) is 19.9 Å². The van der Waals surface area contributed by atoms with Crippen molar-refractivity contribution in [2.75, 3.05) is 0 Å². The van der Waals surface area contributed by atoms with Crippen LogP contribution in [0.25, 0.3) is 16.6 Å². The average molecular weight is 374 g/mol. The van der Waals surface area contributed by atoms with Gasteiger partial charge in [-0.05, 0) is 55.3 Å². The maximum atomic E-state index is 14.2. The van der Waals surface area contributed by atoms with E-state index in [4.69, 9.17) is 0 Å². The van der Waals surface area contributed by atoms with Crippen molar-refractivity contribution in [3.63, 3.8) is 0 Å². The zero-order chi connectivity index (χ0) is 19.8. The SMILES string of the molecule is Cc1cc(C)cc(-n2c(=O)c3ccccc3n(Cc3ccccc3F)c2=O)c1. The van der Waals surface area contributed by atoms with Crippen LogP contribution in [-0.4, -0.2) is 9.13 Å². The Morgan fingerprint density at radius 3 is 2.21 bits per heavy atom. The first-order valence-corrected chi connectivity index (χ1v) is 9.02. The maximum absolute atomic E-state index is 14.2. The number of rotatable bonds is 3. The molecule has 140 valence electrons. The lowest BCUT2D eigenvalue weighted by Gasteiger charge is -2.15. The normalized spacial score (nSPS) is 11.1. The number of benzene rings is 3. The quantitative estimate of drug-likeness (QED) is 0.545. The molecule has 0 aliphatic carbocycles. The van der Waals surface area contributed by atoms with Gasteiger partial charge in [-0.1, -0.05) is 36.4 Å². The van der Waals surface area contributed by atoms with E-state index in [1.54, 1.807) is 54.6 Å². The molecule has 5 heteroatoms. The summed E-state index contributed by atoms with van der Waals surface area (Å²) in [7, 11) is 0. The first kappa shape index (κ1) is 17.9. The Hall–Kier alpha value is -3.47. The van der Waals surface area contributed by atoms with Crippen molar-refractivity contribution in [3.8, 4) is 5.69 Å². The highest BCUT2D eigenvalue weighted by Crippen LogP contribution is 2.15. The van der Waals surface area contributed by atoms with Crippen molar-refractivity contribution in [1.29, 1.82) is 0 Å². The topological polar surface area (TPSA) is 44.0 Å². The predicted octanol–water partition coefficient (Wildman–Crippen LogP) is 3.96. The second-order valence-electron chi connectivity index (χ2n) is 6.96. The van der Waals surface area contributed by atoms with Gasteiger partial charge in [-0.15, -0.1) is 0 Å². The van der Waals surface area contributed by atoms with E-state index in [9.17, 15) is 14.0 Å². The summed E-state index contributed by atoms with van der Waals surface area (Å²) in [5.41, 5.74) is 2.43. The number of aryl methyl sites for hydroxylation is 2. The molecule has 0 spiro atoms. The summed E-state index contributed by atoms with van der Waals surface area (Å²) in [5.74, 6) is -0.386.